The van der Waals surface area contributed by atoms with Gasteiger partial charge in [-0.05, 0) is 25.5 Å². The van der Waals surface area contributed by atoms with Crippen LogP contribution in [-0.2, 0) is 14.6 Å². The molecular formula is C15H16FN3O4S2. The number of hydrogen-bond donors (Lipinski definition) is 1. The van der Waals surface area contributed by atoms with E-state index < -0.39 is 20.9 Å². The summed E-state index contributed by atoms with van der Waals surface area (Å²) in [5.41, 5.74) is 0.190. The van der Waals surface area contributed by atoms with Crippen molar-refractivity contribution in [1.82, 2.24) is 15.5 Å². The van der Waals surface area contributed by atoms with Gasteiger partial charge in [0.1, 0.15) is 5.82 Å². The van der Waals surface area contributed by atoms with Crippen molar-refractivity contribution in [2.45, 2.75) is 29.9 Å². The number of hydrogen-bond acceptors (Lipinski definition) is 7. The molecule has 1 aliphatic rings. The van der Waals surface area contributed by atoms with Crippen LogP contribution in [0.5, 0.6) is 0 Å². The predicted octanol–water partition coefficient (Wildman–Crippen LogP) is 1.66. The van der Waals surface area contributed by atoms with Gasteiger partial charge in [0.2, 0.25) is 5.91 Å². The van der Waals surface area contributed by atoms with Crippen LogP contribution in [0.1, 0.15) is 13.3 Å². The zero-order valence-corrected chi connectivity index (χ0v) is 14.9. The van der Waals surface area contributed by atoms with E-state index in [4.69, 9.17) is 4.42 Å². The van der Waals surface area contributed by atoms with Crippen LogP contribution in [0.25, 0.3) is 11.5 Å². The van der Waals surface area contributed by atoms with Gasteiger partial charge in [0.25, 0.3) is 11.1 Å². The minimum Gasteiger partial charge on any atom is -0.411 e. The Morgan fingerprint density at radius 1 is 1.40 bits per heavy atom. The third kappa shape index (κ3) is 4.37. The number of nitrogens with zero attached hydrogens (tertiary/aromatic N) is 2. The van der Waals surface area contributed by atoms with Gasteiger partial charge in [0.05, 0.1) is 22.3 Å². The van der Waals surface area contributed by atoms with E-state index >= 15 is 0 Å². The van der Waals surface area contributed by atoms with Crippen LogP contribution in [0, 0.1) is 5.82 Å². The van der Waals surface area contributed by atoms with Gasteiger partial charge in [-0.1, -0.05) is 23.9 Å². The molecule has 1 N–H and O–H groups in total. The third-order valence-corrected chi connectivity index (χ3v) is 6.44. The second kappa shape index (κ2) is 7.12. The molecule has 25 heavy (non-hydrogen) atoms. The highest BCUT2D eigenvalue weighted by Gasteiger charge is 2.30. The van der Waals surface area contributed by atoms with E-state index in [1.54, 1.807) is 19.1 Å². The second-order valence-electron chi connectivity index (χ2n) is 5.72. The lowest BCUT2D eigenvalue weighted by Crippen LogP contribution is -2.39. The summed E-state index contributed by atoms with van der Waals surface area (Å²) in [6, 6.07) is 5.66. The van der Waals surface area contributed by atoms with Gasteiger partial charge in [-0.3, -0.25) is 4.79 Å². The first-order chi connectivity index (χ1) is 11.8. The number of thioether (sulfide) groups is 1. The summed E-state index contributed by atoms with van der Waals surface area (Å²) in [7, 11) is -3.05. The van der Waals surface area contributed by atoms with Crippen molar-refractivity contribution in [3.63, 3.8) is 0 Å². The summed E-state index contributed by atoms with van der Waals surface area (Å²) in [4.78, 5) is 12.2. The van der Waals surface area contributed by atoms with Crippen LogP contribution in [0.3, 0.4) is 0 Å². The fraction of sp³-hybridized carbons (Fsp3) is 0.400. The Balaban J connectivity index is 1.61. The van der Waals surface area contributed by atoms with E-state index in [0.717, 1.165) is 11.8 Å². The smallest absolute Gasteiger partial charge is 0.277 e. The highest BCUT2D eigenvalue weighted by molar-refractivity contribution is 8.00. The van der Waals surface area contributed by atoms with Crippen LogP contribution >= 0.6 is 11.8 Å². The van der Waals surface area contributed by atoms with E-state index in [0.29, 0.717) is 6.42 Å². The number of benzene rings is 1. The molecule has 2 atom stereocenters. The first-order valence-corrected chi connectivity index (χ1v) is 10.3. The van der Waals surface area contributed by atoms with Crippen molar-refractivity contribution in [2.75, 3.05) is 11.5 Å². The third-order valence-electron chi connectivity index (χ3n) is 3.74. The standard InChI is InChI=1S/C15H16FN3O4S2/c1-9(13(20)17-10-6-7-25(21,22)8-10)24-15-19-18-14(23-15)11-4-2-3-5-12(11)16/h2-5,9-10H,6-8H2,1H3,(H,17,20)/t9-,10-/m1/s1. The molecule has 134 valence electrons. The molecule has 0 bridgehead atoms. The maximum absolute atomic E-state index is 13.7. The summed E-state index contributed by atoms with van der Waals surface area (Å²) in [5.74, 6) is -0.688. The normalized spacial score (nSPS) is 20.3. The maximum atomic E-state index is 13.7. The van der Waals surface area contributed by atoms with Crippen LogP contribution in [0.2, 0.25) is 0 Å². The molecule has 0 aliphatic carbocycles. The minimum absolute atomic E-state index is 0.0336. The lowest BCUT2D eigenvalue weighted by Gasteiger charge is -2.14. The summed E-state index contributed by atoms with van der Waals surface area (Å²) >= 11 is 1.03. The number of carbonyl (C=O) groups is 1. The largest absolute Gasteiger partial charge is 0.411 e. The van der Waals surface area contributed by atoms with E-state index in [1.807, 2.05) is 0 Å². The van der Waals surface area contributed by atoms with Crippen LogP contribution in [0.15, 0.2) is 33.9 Å². The Morgan fingerprint density at radius 3 is 2.84 bits per heavy atom. The quantitative estimate of drug-likeness (QED) is 0.781. The van der Waals surface area contributed by atoms with E-state index in [-0.39, 0.29) is 40.1 Å². The molecule has 2 heterocycles. The Morgan fingerprint density at radius 2 is 2.16 bits per heavy atom. The monoisotopic (exact) mass is 385 g/mol. The topological polar surface area (TPSA) is 102 Å². The number of carbonyl (C=O) groups excluding carboxylic acids is 1. The average Bonchev–Trinajstić information content (AvgIpc) is 3.14. The fourth-order valence-corrected chi connectivity index (χ4v) is 4.80. The van der Waals surface area contributed by atoms with Crippen molar-refractivity contribution < 1.29 is 22.0 Å². The molecule has 3 rings (SSSR count). The van der Waals surface area contributed by atoms with Crippen LogP contribution < -0.4 is 5.32 Å². The number of rotatable bonds is 5. The van der Waals surface area contributed by atoms with Crippen molar-refractivity contribution in [3.05, 3.63) is 30.1 Å². The summed E-state index contributed by atoms with van der Waals surface area (Å²) < 4.78 is 42.0. The second-order valence-corrected chi connectivity index (χ2v) is 9.24. The van der Waals surface area contributed by atoms with Gasteiger partial charge in [-0.2, -0.15) is 0 Å². The number of aromatic nitrogens is 2. The zero-order chi connectivity index (χ0) is 18.0. The number of halogens is 1. The predicted molar refractivity (Wildman–Crippen MR) is 90.2 cm³/mol. The molecule has 1 amide bonds. The number of amides is 1. The molecule has 0 unspecified atom stereocenters. The summed E-state index contributed by atoms with van der Waals surface area (Å²) in [6.45, 7) is 1.65. The van der Waals surface area contributed by atoms with Crippen molar-refractivity contribution >= 4 is 27.5 Å². The Hall–Kier alpha value is -1.94. The molecule has 1 saturated heterocycles. The number of nitrogens with one attached hydrogen (secondary N) is 1. The van der Waals surface area contributed by atoms with Gasteiger partial charge in [0, 0.05) is 6.04 Å². The summed E-state index contributed by atoms with van der Waals surface area (Å²) in [6.07, 6.45) is 0.420. The lowest BCUT2D eigenvalue weighted by molar-refractivity contribution is -0.120. The molecule has 0 spiro atoms. The number of sulfone groups is 1. The zero-order valence-electron chi connectivity index (χ0n) is 13.3. The molecular weight excluding hydrogens is 369 g/mol. The molecule has 1 aromatic heterocycles. The van der Waals surface area contributed by atoms with Crippen molar-refractivity contribution in [2.24, 2.45) is 0 Å². The van der Waals surface area contributed by atoms with Crippen LogP contribution in [-0.4, -0.2) is 47.3 Å². The van der Waals surface area contributed by atoms with E-state index in [2.05, 4.69) is 15.5 Å². The van der Waals surface area contributed by atoms with Gasteiger partial charge in [0.15, 0.2) is 9.84 Å². The van der Waals surface area contributed by atoms with Crippen molar-refractivity contribution in [3.8, 4) is 11.5 Å². The van der Waals surface area contributed by atoms with Gasteiger partial charge >= 0.3 is 0 Å². The molecule has 2 aromatic rings. The molecule has 0 radical (unpaired) electrons. The maximum Gasteiger partial charge on any atom is 0.277 e. The lowest BCUT2D eigenvalue weighted by atomic mass is 10.2. The SMILES string of the molecule is C[C@@H](Sc1nnc(-c2ccccc2F)o1)C(=O)N[C@@H]1CCS(=O)(=O)C1. The highest BCUT2D eigenvalue weighted by atomic mass is 32.2. The first-order valence-electron chi connectivity index (χ1n) is 7.60. The average molecular weight is 385 g/mol. The molecule has 1 aromatic carbocycles. The fourth-order valence-electron chi connectivity index (χ4n) is 2.43. The Labute approximate surface area is 148 Å². The molecule has 1 aliphatic heterocycles. The van der Waals surface area contributed by atoms with E-state index in [9.17, 15) is 17.6 Å². The van der Waals surface area contributed by atoms with Gasteiger partial charge in [-0.15, -0.1) is 10.2 Å². The van der Waals surface area contributed by atoms with E-state index in [1.165, 1.54) is 12.1 Å². The minimum atomic E-state index is -3.05. The molecule has 1 fully saturated rings. The van der Waals surface area contributed by atoms with Gasteiger partial charge in [-0.25, -0.2) is 12.8 Å². The Kier molecular flexibility index (Phi) is 5.09. The van der Waals surface area contributed by atoms with Gasteiger partial charge < -0.3 is 9.73 Å². The van der Waals surface area contributed by atoms with Crippen LogP contribution in [0.4, 0.5) is 4.39 Å². The highest BCUT2D eigenvalue weighted by Crippen LogP contribution is 2.27. The summed E-state index contributed by atoms with van der Waals surface area (Å²) in [5, 5.41) is 9.90. The molecule has 7 nitrogen and oxygen atoms in total. The first kappa shape index (κ1) is 17.9. The molecule has 10 heteroatoms. The Bertz CT molecular complexity index is 884. The molecule has 0 saturated carbocycles. The van der Waals surface area contributed by atoms with Crippen molar-refractivity contribution in [1.29, 1.82) is 0 Å².